The molecule has 1 amide bonds. The molecule has 1 heterocycles. The van der Waals surface area contributed by atoms with Gasteiger partial charge in [-0.15, -0.1) is 11.3 Å². The maximum Gasteiger partial charge on any atom is 0.252 e. The van der Waals surface area contributed by atoms with Crippen molar-refractivity contribution in [3.63, 3.8) is 0 Å². The molecule has 3 nitrogen and oxygen atoms in total. The SMILES string of the molecule is O=C1CCC(NC(=O)c2csc3ccccc23)CC1. The minimum Gasteiger partial charge on any atom is -0.349 e. The predicted molar refractivity (Wildman–Crippen MR) is 76.6 cm³/mol. The standard InChI is InChI=1S/C15H15NO2S/c17-11-7-5-10(6-8-11)16-15(18)13-9-19-14-4-2-1-3-12(13)14/h1-4,9-10H,5-8H2,(H,16,18). The van der Waals surface area contributed by atoms with Crippen molar-refractivity contribution in [2.45, 2.75) is 31.7 Å². The number of nitrogens with one attached hydrogen (secondary N) is 1. The highest BCUT2D eigenvalue weighted by Crippen LogP contribution is 2.26. The second-order valence-corrected chi connectivity index (χ2v) is 5.84. The van der Waals surface area contributed by atoms with E-state index >= 15 is 0 Å². The summed E-state index contributed by atoms with van der Waals surface area (Å²) in [7, 11) is 0. The van der Waals surface area contributed by atoms with Crippen molar-refractivity contribution < 1.29 is 9.59 Å². The normalized spacial score (nSPS) is 16.7. The molecule has 4 heteroatoms. The van der Waals surface area contributed by atoms with Crippen LogP contribution in [0.15, 0.2) is 29.6 Å². The van der Waals surface area contributed by atoms with E-state index in [1.165, 1.54) is 0 Å². The van der Waals surface area contributed by atoms with Gasteiger partial charge < -0.3 is 5.32 Å². The summed E-state index contributed by atoms with van der Waals surface area (Å²) in [6.07, 6.45) is 2.73. The van der Waals surface area contributed by atoms with Gasteiger partial charge in [0, 0.05) is 34.3 Å². The van der Waals surface area contributed by atoms with Gasteiger partial charge in [0.25, 0.3) is 5.91 Å². The summed E-state index contributed by atoms with van der Waals surface area (Å²) in [5.74, 6) is 0.295. The molecule has 1 aromatic carbocycles. The highest BCUT2D eigenvalue weighted by Gasteiger charge is 2.21. The van der Waals surface area contributed by atoms with Crippen LogP contribution in [0, 0.1) is 0 Å². The molecule has 19 heavy (non-hydrogen) atoms. The van der Waals surface area contributed by atoms with E-state index in [0.717, 1.165) is 28.5 Å². The van der Waals surface area contributed by atoms with Crippen LogP contribution in [-0.2, 0) is 4.79 Å². The van der Waals surface area contributed by atoms with E-state index in [0.29, 0.717) is 18.6 Å². The first-order valence-corrected chi connectivity index (χ1v) is 7.41. The highest BCUT2D eigenvalue weighted by atomic mass is 32.1. The number of hydrogen-bond acceptors (Lipinski definition) is 3. The van der Waals surface area contributed by atoms with Crippen molar-refractivity contribution in [3.8, 4) is 0 Å². The van der Waals surface area contributed by atoms with Crippen molar-refractivity contribution in [2.24, 2.45) is 0 Å². The molecule has 1 N–H and O–H groups in total. The van der Waals surface area contributed by atoms with Crippen molar-refractivity contribution >= 4 is 33.1 Å². The van der Waals surface area contributed by atoms with E-state index in [-0.39, 0.29) is 11.9 Å². The molecule has 0 bridgehead atoms. The van der Waals surface area contributed by atoms with E-state index in [4.69, 9.17) is 0 Å². The smallest absolute Gasteiger partial charge is 0.252 e. The lowest BCUT2D eigenvalue weighted by Crippen LogP contribution is -2.37. The van der Waals surface area contributed by atoms with Gasteiger partial charge in [-0.25, -0.2) is 0 Å². The molecule has 1 aliphatic carbocycles. The van der Waals surface area contributed by atoms with Crippen LogP contribution in [0.1, 0.15) is 36.0 Å². The van der Waals surface area contributed by atoms with Gasteiger partial charge in [0.2, 0.25) is 0 Å². The maximum absolute atomic E-state index is 12.3. The lowest BCUT2D eigenvalue weighted by Gasteiger charge is -2.21. The second kappa shape index (κ2) is 5.13. The third-order valence-electron chi connectivity index (χ3n) is 3.60. The molecule has 0 spiro atoms. The van der Waals surface area contributed by atoms with E-state index < -0.39 is 0 Å². The van der Waals surface area contributed by atoms with Crippen LogP contribution in [0.25, 0.3) is 10.1 Å². The first-order chi connectivity index (χ1) is 9.24. The Labute approximate surface area is 115 Å². The first-order valence-electron chi connectivity index (χ1n) is 6.53. The van der Waals surface area contributed by atoms with Crippen LogP contribution >= 0.6 is 11.3 Å². The van der Waals surface area contributed by atoms with Gasteiger partial charge >= 0.3 is 0 Å². The van der Waals surface area contributed by atoms with Gasteiger partial charge in [-0.2, -0.15) is 0 Å². The summed E-state index contributed by atoms with van der Waals surface area (Å²) in [4.78, 5) is 23.5. The van der Waals surface area contributed by atoms with Crippen molar-refractivity contribution in [1.29, 1.82) is 0 Å². The Balaban J connectivity index is 1.75. The lowest BCUT2D eigenvalue weighted by molar-refractivity contribution is -0.120. The van der Waals surface area contributed by atoms with Crippen molar-refractivity contribution in [1.82, 2.24) is 5.32 Å². The fourth-order valence-corrected chi connectivity index (χ4v) is 3.44. The van der Waals surface area contributed by atoms with Gasteiger partial charge in [-0.1, -0.05) is 18.2 Å². The number of rotatable bonds is 2. The Bertz CT molecular complexity index is 622. The molecule has 2 aromatic rings. The fraction of sp³-hybridized carbons (Fsp3) is 0.333. The molecule has 0 radical (unpaired) electrons. The third-order valence-corrected chi connectivity index (χ3v) is 4.57. The van der Waals surface area contributed by atoms with Gasteiger partial charge in [-0.05, 0) is 18.9 Å². The summed E-state index contributed by atoms with van der Waals surface area (Å²) in [6.45, 7) is 0. The lowest BCUT2D eigenvalue weighted by atomic mass is 9.94. The molecular formula is C15H15NO2S. The van der Waals surface area contributed by atoms with Crippen LogP contribution in [0.3, 0.4) is 0 Å². The van der Waals surface area contributed by atoms with Crippen LogP contribution < -0.4 is 5.32 Å². The van der Waals surface area contributed by atoms with E-state index in [1.807, 2.05) is 29.6 Å². The number of carbonyl (C=O) groups excluding carboxylic acids is 2. The zero-order chi connectivity index (χ0) is 13.2. The Hall–Kier alpha value is -1.68. The van der Waals surface area contributed by atoms with E-state index in [2.05, 4.69) is 5.32 Å². The summed E-state index contributed by atoms with van der Waals surface area (Å²) in [6, 6.07) is 8.07. The Kier molecular flexibility index (Phi) is 3.34. The topological polar surface area (TPSA) is 46.2 Å². The average molecular weight is 273 g/mol. The van der Waals surface area contributed by atoms with Crippen LogP contribution in [0.2, 0.25) is 0 Å². The van der Waals surface area contributed by atoms with Crippen molar-refractivity contribution in [2.75, 3.05) is 0 Å². The van der Waals surface area contributed by atoms with Gasteiger partial charge in [0.05, 0.1) is 5.56 Å². The van der Waals surface area contributed by atoms with Gasteiger partial charge in [-0.3, -0.25) is 9.59 Å². The van der Waals surface area contributed by atoms with E-state index in [9.17, 15) is 9.59 Å². The molecule has 0 saturated heterocycles. The number of carbonyl (C=O) groups is 2. The number of amides is 1. The Morgan fingerprint density at radius 2 is 1.95 bits per heavy atom. The van der Waals surface area contributed by atoms with Crippen LogP contribution in [-0.4, -0.2) is 17.7 Å². The molecule has 98 valence electrons. The van der Waals surface area contributed by atoms with Gasteiger partial charge in [0.15, 0.2) is 0 Å². The zero-order valence-electron chi connectivity index (χ0n) is 10.5. The average Bonchev–Trinajstić information content (AvgIpc) is 2.85. The maximum atomic E-state index is 12.3. The number of fused-ring (bicyclic) bond motifs is 1. The first kappa shape index (κ1) is 12.4. The number of hydrogen-bond donors (Lipinski definition) is 1. The quantitative estimate of drug-likeness (QED) is 0.913. The summed E-state index contributed by atoms with van der Waals surface area (Å²) in [5, 5.41) is 5.97. The zero-order valence-corrected chi connectivity index (χ0v) is 11.3. The number of benzene rings is 1. The second-order valence-electron chi connectivity index (χ2n) is 4.93. The van der Waals surface area contributed by atoms with E-state index in [1.54, 1.807) is 11.3 Å². The fourth-order valence-electron chi connectivity index (χ4n) is 2.50. The molecule has 0 unspecified atom stereocenters. The van der Waals surface area contributed by atoms with Gasteiger partial charge in [0.1, 0.15) is 5.78 Å². The minimum absolute atomic E-state index is 0.0169. The molecule has 1 saturated carbocycles. The predicted octanol–water partition coefficient (Wildman–Crippen LogP) is 3.14. The monoisotopic (exact) mass is 273 g/mol. The number of ketones is 1. The molecule has 3 rings (SSSR count). The highest BCUT2D eigenvalue weighted by molar-refractivity contribution is 7.17. The molecule has 1 aliphatic rings. The molecule has 1 aromatic heterocycles. The molecule has 0 aliphatic heterocycles. The molecular weight excluding hydrogens is 258 g/mol. The molecule has 0 atom stereocenters. The summed E-state index contributed by atoms with van der Waals surface area (Å²) in [5.41, 5.74) is 0.748. The Morgan fingerprint density at radius 3 is 2.74 bits per heavy atom. The minimum atomic E-state index is -0.0169. The number of thiophene rings is 1. The number of Topliss-reactive ketones (excluding diaryl/α,β-unsaturated/α-hetero) is 1. The third kappa shape index (κ3) is 2.54. The molecule has 1 fully saturated rings. The van der Waals surface area contributed by atoms with Crippen LogP contribution in [0.5, 0.6) is 0 Å². The Morgan fingerprint density at radius 1 is 1.21 bits per heavy atom. The summed E-state index contributed by atoms with van der Waals surface area (Å²) >= 11 is 1.59. The summed E-state index contributed by atoms with van der Waals surface area (Å²) < 4.78 is 1.13. The van der Waals surface area contributed by atoms with Crippen LogP contribution in [0.4, 0.5) is 0 Å². The van der Waals surface area contributed by atoms with Crippen molar-refractivity contribution in [3.05, 3.63) is 35.2 Å². The largest absolute Gasteiger partial charge is 0.349 e.